The summed E-state index contributed by atoms with van der Waals surface area (Å²) in [7, 11) is 0. The zero-order valence-corrected chi connectivity index (χ0v) is 10.8. The van der Waals surface area contributed by atoms with E-state index in [1.54, 1.807) is 0 Å². The zero-order chi connectivity index (χ0) is 11.6. The molecule has 0 bridgehead atoms. The van der Waals surface area contributed by atoms with Gasteiger partial charge in [-0.2, -0.15) is 4.37 Å². The van der Waals surface area contributed by atoms with Crippen molar-refractivity contribution in [3.63, 3.8) is 0 Å². The summed E-state index contributed by atoms with van der Waals surface area (Å²) in [6.07, 6.45) is 3.68. The Hall–Kier alpha value is -0.680. The number of aliphatic hydroxyl groups is 1. The lowest BCUT2D eigenvalue weighted by Gasteiger charge is -2.35. The van der Waals surface area contributed by atoms with Crippen LogP contribution in [0.15, 0.2) is 0 Å². The molecule has 0 atom stereocenters. The second-order valence-corrected chi connectivity index (χ2v) is 5.46. The summed E-state index contributed by atoms with van der Waals surface area (Å²) in [4.78, 5) is 6.75. The highest BCUT2D eigenvalue weighted by Crippen LogP contribution is 2.26. The normalized spacial score (nSPS) is 20.1. The largest absolute Gasteiger partial charge is 0.390 e. The summed E-state index contributed by atoms with van der Waals surface area (Å²) in [5.41, 5.74) is -0.493. The maximum absolute atomic E-state index is 9.87. The highest BCUT2D eigenvalue weighted by Gasteiger charge is 2.28. The van der Waals surface area contributed by atoms with Crippen LogP contribution in [0, 0.1) is 0 Å². The first-order chi connectivity index (χ1) is 7.61. The molecule has 0 amide bonds. The predicted octanol–water partition coefficient (Wildman–Crippen LogP) is 1.84. The topological polar surface area (TPSA) is 49.2 Å². The van der Waals surface area contributed by atoms with E-state index < -0.39 is 5.60 Å². The molecule has 1 fully saturated rings. The Labute approximate surface area is 100 Å². The molecule has 2 heterocycles. The van der Waals surface area contributed by atoms with Gasteiger partial charge in [0.1, 0.15) is 5.82 Å². The molecular weight excluding hydrogens is 222 g/mol. The van der Waals surface area contributed by atoms with Gasteiger partial charge in [-0.3, -0.25) is 0 Å². The number of anilines is 1. The third kappa shape index (κ3) is 2.71. The van der Waals surface area contributed by atoms with E-state index in [0.717, 1.165) is 49.7 Å². The molecule has 0 saturated carbocycles. The van der Waals surface area contributed by atoms with Gasteiger partial charge in [-0.05, 0) is 26.2 Å². The first-order valence-corrected chi connectivity index (χ1v) is 6.68. The molecule has 0 unspecified atom stereocenters. The highest BCUT2D eigenvalue weighted by atomic mass is 32.1. The quantitative estimate of drug-likeness (QED) is 0.877. The Morgan fingerprint density at radius 2 is 2.12 bits per heavy atom. The van der Waals surface area contributed by atoms with Gasteiger partial charge in [0.15, 0.2) is 0 Å². The van der Waals surface area contributed by atoms with Crippen molar-refractivity contribution in [2.45, 2.75) is 45.1 Å². The van der Waals surface area contributed by atoms with Crippen LogP contribution >= 0.6 is 11.5 Å². The van der Waals surface area contributed by atoms with Crippen molar-refractivity contribution in [1.29, 1.82) is 0 Å². The van der Waals surface area contributed by atoms with Crippen LogP contribution in [-0.4, -0.2) is 33.2 Å². The van der Waals surface area contributed by atoms with Crippen LogP contribution in [0.1, 0.15) is 38.9 Å². The van der Waals surface area contributed by atoms with Gasteiger partial charge < -0.3 is 10.0 Å². The average molecular weight is 241 g/mol. The maximum atomic E-state index is 9.87. The molecule has 1 N–H and O–H groups in total. The molecule has 1 aromatic rings. The van der Waals surface area contributed by atoms with Crippen LogP contribution in [0.5, 0.6) is 0 Å². The summed E-state index contributed by atoms with van der Waals surface area (Å²) < 4.78 is 4.34. The molecule has 1 aliphatic rings. The summed E-state index contributed by atoms with van der Waals surface area (Å²) >= 11 is 1.48. The van der Waals surface area contributed by atoms with Crippen molar-refractivity contribution in [2.75, 3.05) is 18.0 Å². The van der Waals surface area contributed by atoms with Gasteiger partial charge >= 0.3 is 0 Å². The van der Waals surface area contributed by atoms with Crippen molar-refractivity contribution in [3.8, 4) is 0 Å². The van der Waals surface area contributed by atoms with E-state index in [9.17, 15) is 5.11 Å². The Bertz CT molecular complexity index is 341. The summed E-state index contributed by atoms with van der Waals surface area (Å²) in [5.74, 6) is 0.958. The Kier molecular flexibility index (Phi) is 3.44. The Balaban J connectivity index is 1.97. The lowest BCUT2D eigenvalue weighted by Crippen LogP contribution is -2.42. The highest BCUT2D eigenvalue weighted by molar-refractivity contribution is 7.09. The molecule has 1 aliphatic heterocycles. The molecule has 0 radical (unpaired) electrons. The van der Waals surface area contributed by atoms with E-state index in [1.807, 2.05) is 6.92 Å². The van der Waals surface area contributed by atoms with Gasteiger partial charge in [-0.25, -0.2) is 4.98 Å². The van der Waals surface area contributed by atoms with E-state index in [0.29, 0.717) is 0 Å². The van der Waals surface area contributed by atoms with Gasteiger partial charge in [0.25, 0.3) is 0 Å². The van der Waals surface area contributed by atoms with Crippen molar-refractivity contribution in [2.24, 2.45) is 0 Å². The molecule has 90 valence electrons. The first-order valence-electron chi connectivity index (χ1n) is 5.90. The van der Waals surface area contributed by atoms with Crippen LogP contribution in [0.3, 0.4) is 0 Å². The zero-order valence-electron chi connectivity index (χ0n) is 9.94. The smallest absolute Gasteiger partial charge is 0.205 e. The van der Waals surface area contributed by atoms with Crippen molar-refractivity contribution in [1.82, 2.24) is 9.36 Å². The van der Waals surface area contributed by atoms with Crippen molar-refractivity contribution >= 4 is 16.7 Å². The number of rotatable bonds is 3. The molecule has 16 heavy (non-hydrogen) atoms. The minimum Gasteiger partial charge on any atom is -0.390 e. The lowest BCUT2D eigenvalue weighted by molar-refractivity contribution is 0.0351. The second-order valence-electron chi connectivity index (χ2n) is 4.73. The first kappa shape index (κ1) is 11.8. The summed E-state index contributed by atoms with van der Waals surface area (Å²) in [5, 5.41) is 10.9. The minimum absolute atomic E-state index is 0.493. The number of hydrogen-bond acceptors (Lipinski definition) is 5. The molecule has 5 heteroatoms. The Morgan fingerprint density at radius 1 is 1.44 bits per heavy atom. The van der Waals surface area contributed by atoms with Gasteiger partial charge in [0, 0.05) is 31.0 Å². The van der Waals surface area contributed by atoms with Gasteiger partial charge in [0.2, 0.25) is 5.13 Å². The fraction of sp³-hybridized carbons (Fsp3) is 0.818. The second kappa shape index (κ2) is 4.67. The lowest BCUT2D eigenvalue weighted by atomic mass is 9.94. The molecule has 4 nitrogen and oxygen atoms in total. The SMILES string of the molecule is CCCc1nsc(N2CCC(C)(O)CC2)n1. The maximum Gasteiger partial charge on any atom is 0.205 e. The number of aryl methyl sites for hydroxylation is 1. The van der Waals surface area contributed by atoms with Crippen molar-refractivity contribution < 1.29 is 5.11 Å². The van der Waals surface area contributed by atoms with Gasteiger partial charge in [0.05, 0.1) is 5.60 Å². The fourth-order valence-electron chi connectivity index (χ4n) is 1.88. The fourth-order valence-corrected chi connectivity index (χ4v) is 2.64. The molecular formula is C11H19N3OS. The predicted molar refractivity (Wildman–Crippen MR) is 66.0 cm³/mol. The molecule has 1 aromatic heterocycles. The van der Waals surface area contributed by atoms with Crippen LogP contribution in [-0.2, 0) is 6.42 Å². The third-order valence-electron chi connectivity index (χ3n) is 3.04. The molecule has 0 aromatic carbocycles. The number of nitrogens with zero attached hydrogens (tertiary/aromatic N) is 3. The summed E-state index contributed by atoms with van der Waals surface area (Å²) in [6, 6.07) is 0. The standard InChI is InChI=1S/C11H19N3OS/c1-3-4-9-12-10(16-13-9)14-7-5-11(2,15)6-8-14/h15H,3-8H2,1-2H3. The van der Waals surface area contributed by atoms with E-state index in [1.165, 1.54) is 11.5 Å². The van der Waals surface area contributed by atoms with Gasteiger partial charge in [-0.15, -0.1) is 0 Å². The van der Waals surface area contributed by atoms with Crippen LogP contribution < -0.4 is 4.90 Å². The number of aromatic nitrogens is 2. The number of hydrogen-bond donors (Lipinski definition) is 1. The van der Waals surface area contributed by atoms with Gasteiger partial charge in [-0.1, -0.05) is 6.92 Å². The van der Waals surface area contributed by atoms with E-state index in [4.69, 9.17) is 0 Å². The van der Waals surface area contributed by atoms with Crippen LogP contribution in [0.25, 0.3) is 0 Å². The van der Waals surface area contributed by atoms with Crippen LogP contribution in [0.4, 0.5) is 5.13 Å². The number of piperidine rings is 1. The Morgan fingerprint density at radius 3 is 2.75 bits per heavy atom. The molecule has 0 aliphatic carbocycles. The van der Waals surface area contributed by atoms with E-state index in [-0.39, 0.29) is 0 Å². The van der Waals surface area contributed by atoms with E-state index in [2.05, 4.69) is 21.2 Å². The molecule has 1 saturated heterocycles. The van der Waals surface area contributed by atoms with E-state index >= 15 is 0 Å². The molecule has 0 spiro atoms. The molecule has 2 rings (SSSR count). The van der Waals surface area contributed by atoms with Crippen LogP contribution in [0.2, 0.25) is 0 Å². The average Bonchev–Trinajstić information content (AvgIpc) is 2.67. The summed E-state index contributed by atoms with van der Waals surface area (Å²) in [6.45, 7) is 5.81. The monoisotopic (exact) mass is 241 g/mol. The third-order valence-corrected chi connectivity index (χ3v) is 3.86. The minimum atomic E-state index is -0.493. The van der Waals surface area contributed by atoms with Crippen molar-refractivity contribution in [3.05, 3.63) is 5.82 Å².